The number of hydrogen-bond donors (Lipinski definition) is 0. The fraction of sp³-hybridized carbons (Fsp3) is 0.952. The first-order valence-corrected chi connectivity index (χ1v) is 22.2. The molecule has 0 N–H and O–H groups in total. The summed E-state index contributed by atoms with van der Waals surface area (Å²) in [5.41, 5.74) is 0. The zero-order valence-electron chi connectivity index (χ0n) is 33.0. The van der Waals surface area contributed by atoms with Gasteiger partial charge in [0.15, 0.2) is 0 Å². The minimum Gasteiger partial charge on any atom is -0.792 e. The van der Waals surface area contributed by atoms with Gasteiger partial charge in [-0.25, -0.2) is 0 Å². The molecule has 0 rings (SSSR count). The molecule has 0 fully saturated rings. The predicted octanol–water partition coefficient (Wildman–Crippen LogP) is 13.5. The molecular weight excluding hydrogens is 698 g/mol. The molecule has 0 amide bonds. The molecule has 0 unspecified atom stereocenters. The summed E-state index contributed by atoms with van der Waals surface area (Å²) in [6.45, 7) is 5.71. The van der Waals surface area contributed by atoms with E-state index in [0.717, 1.165) is 12.8 Å². The Kier molecular flexibility index (Phi) is 55.1. The minimum atomic E-state index is -0.133. The third-order valence-corrected chi connectivity index (χ3v) is 9.54. The van der Waals surface area contributed by atoms with Gasteiger partial charge in [0, 0.05) is 12.8 Å². The molecule has 0 radical (unpaired) electrons. The third-order valence-electron chi connectivity index (χ3n) is 9.13. The molecule has 49 heavy (non-hydrogen) atoms. The first-order valence-electron chi connectivity index (χ1n) is 21.1. The van der Waals surface area contributed by atoms with Crippen LogP contribution in [0.5, 0.6) is 0 Å². The Morgan fingerprint density at radius 3 is 0.714 bits per heavy atom. The van der Waals surface area contributed by atoms with Crippen LogP contribution in [0, 0.1) is 0 Å². The standard InChI is InChI=1S/2C21H42O2S.Zn/c2*1-2-3-4-5-6-7-8-9-10-11-12-13-14-15-16-17-19-23-21(22)18-20-24;/h2*24H,2-20H2,1H3;/q;;+2/p-2. The number of rotatable bonds is 38. The van der Waals surface area contributed by atoms with Crippen molar-refractivity contribution >= 4 is 37.2 Å². The average molecular weight is 781 g/mol. The van der Waals surface area contributed by atoms with Crippen LogP contribution in [0.2, 0.25) is 0 Å². The molecule has 0 aliphatic heterocycles. The summed E-state index contributed by atoms with van der Waals surface area (Å²) in [4.78, 5) is 22.2. The molecule has 7 heteroatoms. The van der Waals surface area contributed by atoms with Crippen molar-refractivity contribution in [1.29, 1.82) is 0 Å². The minimum absolute atomic E-state index is 0. The number of carbonyl (C=O) groups is 2. The molecule has 0 bridgehead atoms. The third kappa shape index (κ3) is 52.7. The van der Waals surface area contributed by atoms with E-state index in [1.54, 1.807) is 0 Å². The molecule has 0 aromatic carbocycles. The summed E-state index contributed by atoms with van der Waals surface area (Å²) >= 11 is 9.49. The van der Waals surface area contributed by atoms with Crippen LogP contribution in [0.3, 0.4) is 0 Å². The summed E-state index contributed by atoms with van der Waals surface area (Å²) < 4.78 is 10.2. The smallest absolute Gasteiger partial charge is 0.792 e. The van der Waals surface area contributed by atoms with Crippen LogP contribution in [-0.2, 0) is 63.8 Å². The van der Waals surface area contributed by atoms with Gasteiger partial charge in [0.1, 0.15) is 0 Å². The van der Waals surface area contributed by atoms with E-state index >= 15 is 0 Å². The second-order valence-electron chi connectivity index (χ2n) is 14.0. The van der Waals surface area contributed by atoms with E-state index in [0.29, 0.717) is 37.6 Å². The molecule has 0 saturated heterocycles. The molecule has 0 aromatic rings. The summed E-state index contributed by atoms with van der Waals surface area (Å²) in [7, 11) is 0. The molecule has 4 nitrogen and oxygen atoms in total. The molecule has 0 spiro atoms. The van der Waals surface area contributed by atoms with Crippen molar-refractivity contribution < 1.29 is 38.5 Å². The van der Waals surface area contributed by atoms with E-state index in [1.165, 1.54) is 193 Å². The van der Waals surface area contributed by atoms with Crippen molar-refractivity contribution in [3.63, 3.8) is 0 Å². The van der Waals surface area contributed by atoms with E-state index in [2.05, 4.69) is 13.8 Å². The quantitative estimate of drug-likeness (QED) is 0.0269. The maximum atomic E-state index is 11.1. The molecule has 0 aliphatic carbocycles. The first kappa shape index (κ1) is 53.6. The van der Waals surface area contributed by atoms with Crippen molar-refractivity contribution in [3.05, 3.63) is 0 Å². The fourth-order valence-electron chi connectivity index (χ4n) is 5.98. The Balaban J connectivity index is -0.000000846. The number of ether oxygens (including phenoxy) is 2. The monoisotopic (exact) mass is 778 g/mol. The maximum Gasteiger partial charge on any atom is 2.00 e. The van der Waals surface area contributed by atoms with E-state index < -0.39 is 0 Å². The molecule has 288 valence electrons. The van der Waals surface area contributed by atoms with Gasteiger partial charge in [-0.2, -0.15) is 11.5 Å². The average Bonchev–Trinajstić information content (AvgIpc) is 3.08. The van der Waals surface area contributed by atoms with E-state index in [4.69, 9.17) is 34.7 Å². The summed E-state index contributed by atoms with van der Waals surface area (Å²) in [6.07, 6.45) is 44.4. The van der Waals surface area contributed by atoms with Crippen LogP contribution >= 0.6 is 0 Å². The second-order valence-corrected chi connectivity index (χ2v) is 14.8. The van der Waals surface area contributed by atoms with Gasteiger partial charge in [0.2, 0.25) is 0 Å². The molecule has 0 heterocycles. The maximum absolute atomic E-state index is 11.1. The molecule has 0 aliphatic rings. The van der Waals surface area contributed by atoms with Crippen LogP contribution in [0.1, 0.15) is 232 Å². The zero-order valence-corrected chi connectivity index (χ0v) is 37.6. The number of carbonyl (C=O) groups excluding carboxylic acids is 2. The Morgan fingerprint density at radius 2 is 0.531 bits per heavy atom. The number of unbranched alkanes of at least 4 members (excludes halogenated alkanes) is 30. The Bertz CT molecular complexity index is 571. The van der Waals surface area contributed by atoms with Crippen LogP contribution in [0.4, 0.5) is 0 Å². The first-order chi connectivity index (χ1) is 23.6. The summed E-state index contributed by atoms with van der Waals surface area (Å²) in [6, 6.07) is 0. The molecule has 0 saturated carbocycles. The normalized spacial score (nSPS) is 10.7. The topological polar surface area (TPSA) is 52.6 Å². The summed E-state index contributed by atoms with van der Waals surface area (Å²) in [5.74, 6) is 0.673. The van der Waals surface area contributed by atoms with E-state index in [1.807, 2.05) is 0 Å². The van der Waals surface area contributed by atoms with Gasteiger partial charge in [-0.3, -0.25) is 9.59 Å². The van der Waals surface area contributed by atoms with Crippen LogP contribution in [0.15, 0.2) is 0 Å². The summed E-state index contributed by atoms with van der Waals surface area (Å²) in [5, 5.41) is 0. The largest absolute Gasteiger partial charge is 2.00 e. The van der Waals surface area contributed by atoms with Gasteiger partial charge in [0.25, 0.3) is 0 Å². The zero-order chi connectivity index (χ0) is 35.4. The van der Waals surface area contributed by atoms with E-state index in [-0.39, 0.29) is 31.4 Å². The van der Waals surface area contributed by atoms with Crippen molar-refractivity contribution in [2.24, 2.45) is 0 Å². The molecule has 0 atom stereocenters. The van der Waals surface area contributed by atoms with Crippen LogP contribution < -0.4 is 0 Å². The van der Waals surface area contributed by atoms with Crippen molar-refractivity contribution in [2.75, 3.05) is 24.7 Å². The van der Waals surface area contributed by atoms with Gasteiger partial charge < -0.3 is 34.7 Å². The van der Waals surface area contributed by atoms with Crippen LogP contribution in [-0.4, -0.2) is 36.7 Å². The van der Waals surface area contributed by atoms with Crippen molar-refractivity contribution in [3.8, 4) is 0 Å². The molecular formula is C42H82O4S2Zn. The van der Waals surface area contributed by atoms with Crippen molar-refractivity contribution in [2.45, 2.75) is 232 Å². The SMILES string of the molecule is CCCCCCCCCCCCCCCCCCOC(=O)CC[S-].CCCCCCCCCCCCCCCCCCOC(=O)CC[S-].[Zn+2]. The number of hydrogen-bond acceptors (Lipinski definition) is 6. The number of esters is 2. The van der Waals surface area contributed by atoms with Crippen LogP contribution in [0.25, 0.3) is 0 Å². The van der Waals surface area contributed by atoms with Gasteiger partial charge >= 0.3 is 31.4 Å². The van der Waals surface area contributed by atoms with Gasteiger partial charge in [-0.05, 0) is 12.8 Å². The second kappa shape index (κ2) is 50.4. The van der Waals surface area contributed by atoms with Gasteiger partial charge in [-0.15, -0.1) is 0 Å². The molecule has 0 aromatic heterocycles. The Labute approximate surface area is 330 Å². The van der Waals surface area contributed by atoms with Gasteiger partial charge in [0.05, 0.1) is 13.2 Å². The van der Waals surface area contributed by atoms with E-state index in [9.17, 15) is 9.59 Å². The Hall–Kier alpha value is 0.263. The van der Waals surface area contributed by atoms with Crippen molar-refractivity contribution in [1.82, 2.24) is 0 Å². The van der Waals surface area contributed by atoms with Gasteiger partial charge in [-0.1, -0.05) is 206 Å². The fourth-order valence-corrected chi connectivity index (χ4v) is 6.32. The predicted molar refractivity (Wildman–Crippen MR) is 215 cm³/mol. The Morgan fingerprint density at radius 1 is 0.347 bits per heavy atom.